The summed E-state index contributed by atoms with van der Waals surface area (Å²) in [6.07, 6.45) is 2.70. The standard InChI is InChI=1S/C20H32N4O5/c1-14(2)13-23-12-4-5-16(23)20(28)22-10-8-17(25)21-11-9-19(27)29-24-15(3)6-7-18(24)26/h14,16H,3-13H2,1-2H3,(H,21,25)(H,22,28)/i1+1,2+1,13+1,14+1,16+1,17+1,19+1,21+1,22+1. The fourth-order valence-corrected chi connectivity index (χ4v) is 3.51. The van der Waals surface area contributed by atoms with Crippen molar-refractivity contribution in [1.29, 1.82) is 0 Å². The first-order chi connectivity index (χ1) is 13.8. The number of hydrogen-bond acceptors (Lipinski definition) is 6. The Hall–Kier alpha value is -2.42. The van der Waals surface area contributed by atoms with Crippen LogP contribution in [0.5, 0.6) is 0 Å². The molecule has 29 heavy (non-hydrogen) atoms. The first-order valence-electron chi connectivity index (χ1n) is 10.3. The summed E-state index contributed by atoms with van der Waals surface area (Å²) in [6.45, 7) is 10.1. The Labute approximate surface area is 171 Å². The number of hydroxylamine groups is 2. The van der Waals surface area contributed by atoms with Crippen molar-refractivity contribution in [2.45, 2.75) is 58.4 Å². The van der Waals surface area contributed by atoms with E-state index in [2.05, 4.69) is 36.0 Å². The number of carbonyl (C=O) groups is 4. The topological polar surface area (TPSA) is 108 Å². The highest BCUT2D eigenvalue weighted by Crippen LogP contribution is 2.21. The van der Waals surface area contributed by atoms with Crippen molar-refractivity contribution in [3.05, 3.63) is 12.3 Å². The van der Waals surface area contributed by atoms with Crippen molar-refractivity contribution in [2.24, 2.45) is 5.92 Å². The fraction of sp³-hybridized carbons (Fsp3) is 0.700. The first-order valence-corrected chi connectivity index (χ1v) is 10.3. The smallest absolute Gasteiger partial charge is 0.334 e. The molecule has 2 fully saturated rings. The van der Waals surface area contributed by atoms with Gasteiger partial charge in [-0.2, -0.15) is 0 Å². The van der Waals surface area contributed by atoms with E-state index >= 15 is 0 Å². The van der Waals surface area contributed by atoms with Crippen molar-refractivity contribution < 1.29 is 24.0 Å². The van der Waals surface area contributed by atoms with Crippen LogP contribution < -0.4 is 10.6 Å². The zero-order chi connectivity index (χ0) is 21.4. The lowest BCUT2D eigenvalue weighted by Gasteiger charge is -2.25. The van der Waals surface area contributed by atoms with Gasteiger partial charge in [-0.15, -0.1) is 5.06 Å². The molecule has 2 heterocycles. The highest BCUT2D eigenvalue weighted by Gasteiger charge is 2.30. The van der Waals surface area contributed by atoms with Crippen LogP contribution >= 0.6 is 0 Å². The Morgan fingerprint density at radius 1 is 1.17 bits per heavy atom. The molecule has 2 saturated heterocycles. The molecular formula is C20H32N4O5. The van der Waals surface area contributed by atoms with Crippen LogP contribution in [-0.2, 0) is 24.0 Å². The number of allylic oxidation sites excluding steroid dienone is 1. The zero-order valence-corrected chi connectivity index (χ0v) is 17.4. The molecule has 0 saturated carbocycles. The van der Waals surface area contributed by atoms with E-state index in [4.69, 9.17) is 4.84 Å². The number of carbonyl (C=O) groups excluding carboxylic acids is 4. The molecule has 1 atom stereocenters. The maximum atomic E-state index is 12.4. The molecule has 2 aliphatic heterocycles. The molecule has 3 amide bonds. The van der Waals surface area contributed by atoms with Crippen LogP contribution in [0.15, 0.2) is 12.3 Å². The second-order valence-electron chi connectivity index (χ2n) is 7.91. The average molecular weight is 417 g/mol. The molecule has 0 bridgehead atoms. The van der Waals surface area contributed by atoms with Gasteiger partial charge in [-0.25, -0.2) is 4.79 Å². The van der Waals surface area contributed by atoms with E-state index in [1.807, 2.05) is 0 Å². The Balaban J connectivity index is 1.58. The maximum Gasteiger partial charge on any atom is 0.334 e. The average Bonchev–Trinajstić information content (AvgIpc) is 3.22. The van der Waals surface area contributed by atoms with E-state index < -0.39 is 5.97 Å². The number of rotatable bonds is 10. The predicted molar refractivity (Wildman–Crippen MR) is 106 cm³/mol. The molecule has 2 rings (SSSR count). The van der Waals surface area contributed by atoms with Gasteiger partial charge < -0.3 is 15.5 Å². The number of likely N-dealkylation sites (tertiary alicyclic amines) is 1. The minimum absolute atomic E-state index is 0.0324. The van der Waals surface area contributed by atoms with Crippen LogP contribution in [0.25, 0.3) is 0 Å². The number of hydrogen-bond donors (Lipinski definition) is 2. The fourth-order valence-electron chi connectivity index (χ4n) is 3.51. The van der Waals surface area contributed by atoms with Gasteiger partial charge in [-0.1, -0.05) is 20.4 Å². The lowest BCUT2D eigenvalue weighted by Crippen LogP contribution is -2.45. The predicted octanol–water partition coefficient (Wildman–Crippen LogP) is 0.714. The van der Waals surface area contributed by atoms with Gasteiger partial charge >= 0.3 is 5.97 Å². The normalized spacial score (nSPS) is 19.7. The van der Waals surface area contributed by atoms with Crippen LogP contribution in [0.1, 0.15) is 52.4 Å². The van der Waals surface area contributed by atoms with Crippen LogP contribution in [-0.4, -0.2) is 65.9 Å². The molecule has 162 valence electrons. The summed E-state index contributed by atoms with van der Waals surface area (Å²) in [7, 11) is 0. The van der Waals surface area contributed by atoms with Crippen LogP contribution in [0.4, 0.5) is 0 Å². The van der Waals surface area contributed by atoms with Gasteiger partial charge in [0.2, 0.25) is 11.8 Å². The molecular weight excluding hydrogens is 385 g/mol. The minimum atomic E-state index is -0.610. The largest absolute Gasteiger partial charge is 0.355 e. The second-order valence-corrected chi connectivity index (χ2v) is 7.91. The van der Waals surface area contributed by atoms with Crippen molar-refractivity contribution in [3.8, 4) is 0 Å². The van der Waals surface area contributed by atoms with E-state index in [9.17, 15) is 19.2 Å². The Bertz CT molecular complexity index is 633. The first kappa shape index (κ1) is 22.9. The molecule has 2 aliphatic rings. The van der Waals surface area contributed by atoms with Gasteiger partial charge in [-0.05, 0) is 31.7 Å². The molecule has 0 aromatic rings. The van der Waals surface area contributed by atoms with Gasteiger partial charge in [0.25, 0.3) is 5.91 Å². The van der Waals surface area contributed by atoms with Crippen LogP contribution in [0.3, 0.4) is 0 Å². The van der Waals surface area contributed by atoms with Gasteiger partial charge in [0.05, 0.1) is 18.2 Å². The highest BCUT2D eigenvalue weighted by molar-refractivity contribution is 5.83. The summed E-state index contributed by atoms with van der Waals surface area (Å²) in [5.74, 6) is -0.693. The molecule has 0 radical (unpaired) electrons. The molecule has 0 aromatic heterocycles. The van der Waals surface area contributed by atoms with Crippen molar-refractivity contribution in [2.75, 3.05) is 26.2 Å². The van der Waals surface area contributed by atoms with E-state index in [1.165, 1.54) is 0 Å². The number of amides is 3. The third-order valence-electron chi connectivity index (χ3n) is 4.90. The van der Waals surface area contributed by atoms with Gasteiger partial charge in [0.1, 0.15) is 0 Å². The monoisotopic (exact) mass is 417 g/mol. The number of nitrogens with one attached hydrogen (secondary N) is 2. The number of nitrogens with zero attached hydrogens (tertiary/aromatic N) is 2. The molecule has 0 spiro atoms. The Kier molecular flexibility index (Phi) is 8.63. The van der Waals surface area contributed by atoms with Gasteiger partial charge in [0.15, 0.2) is 0 Å². The summed E-state index contributed by atoms with van der Waals surface area (Å²) >= 11 is 0. The molecule has 0 aliphatic carbocycles. The molecule has 9 nitrogen and oxygen atoms in total. The quantitative estimate of drug-likeness (QED) is 0.401. The third kappa shape index (κ3) is 7.16. The maximum absolute atomic E-state index is 12.4. The summed E-state index contributed by atoms with van der Waals surface area (Å²) in [5.41, 5.74) is 0.456. The lowest BCUT2D eigenvalue weighted by atomic mass is 10.3. The Morgan fingerprint density at radius 3 is 2.55 bits per heavy atom. The SMILES string of the molecule is C=C1CCC(=O)N1O[13C](=O)CC[15NH][13C](=O)CC[15NH]C(=O)[13CH]1CCCN1[13CH2][13CH]([13CH3])[13CH3]. The summed E-state index contributed by atoms with van der Waals surface area (Å²) in [6, 6.07) is -0.113. The third-order valence-corrected chi connectivity index (χ3v) is 4.90. The Morgan fingerprint density at radius 2 is 1.90 bits per heavy atom. The van der Waals surface area contributed by atoms with E-state index in [0.717, 1.165) is 31.0 Å². The molecule has 2 N–H and O–H groups in total. The highest BCUT2D eigenvalue weighted by atomic mass is 16.8. The molecule has 9 heteroatoms. The van der Waals surface area contributed by atoms with E-state index in [1.54, 1.807) is 0 Å². The zero-order valence-electron chi connectivity index (χ0n) is 17.4. The summed E-state index contributed by atoms with van der Waals surface area (Å²) < 4.78 is 0. The summed E-state index contributed by atoms with van der Waals surface area (Å²) in [5, 5.41) is 6.36. The minimum Gasteiger partial charge on any atom is -0.355 e. The van der Waals surface area contributed by atoms with Crippen LogP contribution in [0.2, 0.25) is 0 Å². The summed E-state index contributed by atoms with van der Waals surface area (Å²) in [4.78, 5) is 54.7. The van der Waals surface area contributed by atoms with E-state index in [0.29, 0.717) is 18.0 Å². The van der Waals surface area contributed by atoms with Crippen molar-refractivity contribution >= 4 is 23.7 Å². The lowest BCUT2D eigenvalue weighted by molar-refractivity contribution is -0.186. The van der Waals surface area contributed by atoms with Crippen molar-refractivity contribution in [1.82, 2.24) is 20.6 Å². The second kappa shape index (κ2) is 10.9. The van der Waals surface area contributed by atoms with Crippen molar-refractivity contribution in [3.63, 3.8) is 0 Å². The van der Waals surface area contributed by atoms with Gasteiger partial charge in [-0.3, -0.25) is 19.3 Å². The van der Waals surface area contributed by atoms with Gasteiger partial charge in [0, 0.05) is 32.5 Å². The van der Waals surface area contributed by atoms with E-state index in [-0.39, 0.29) is 56.1 Å². The molecule has 1 unspecified atom stereocenters. The molecule has 0 aromatic carbocycles. The van der Waals surface area contributed by atoms with Crippen LogP contribution in [0, 0.1) is 5.92 Å².